The van der Waals surface area contributed by atoms with E-state index in [0.29, 0.717) is 5.56 Å². The van der Waals surface area contributed by atoms with Gasteiger partial charge in [0, 0.05) is 23.8 Å². The molecule has 1 aliphatic heterocycles. The van der Waals surface area contributed by atoms with Crippen molar-refractivity contribution in [3.63, 3.8) is 0 Å². The molecule has 2 unspecified atom stereocenters. The molecule has 0 aliphatic carbocycles. The van der Waals surface area contributed by atoms with E-state index in [1.807, 2.05) is 0 Å². The molecule has 0 saturated carbocycles. The minimum absolute atomic E-state index is 0.0677. The van der Waals surface area contributed by atoms with Crippen LogP contribution in [0.3, 0.4) is 0 Å². The number of aliphatic hydroxyl groups excluding tert-OH is 3. The standard InChI is InChI=1S/C25H24O14/c1-35-16-4-10(2-3-12(16)26)15-7-14(28)21-13(27)5-11(6-17(21)38-15)37-25-24(34)23(33)22(32)18(39-25)9-36-20(31)8-19(29)30/h2-7,18,22-27,32-34H,8-9H2,1H3,(H,29,30)/t18?,22-,23+,24?,25-/m1/s1. The molecule has 0 amide bonds. The number of esters is 1. The molecule has 14 heteroatoms. The smallest absolute Gasteiger partial charge is 0.317 e. The predicted molar refractivity (Wildman–Crippen MR) is 128 cm³/mol. The van der Waals surface area contributed by atoms with Gasteiger partial charge in [-0.25, -0.2) is 0 Å². The summed E-state index contributed by atoms with van der Waals surface area (Å²) in [6.07, 6.45) is -9.32. The molecule has 39 heavy (non-hydrogen) atoms. The van der Waals surface area contributed by atoms with Crippen molar-refractivity contribution in [1.82, 2.24) is 0 Å². The number of aromatic hydroxyl groups is 2. The number of fused-ring (bicyclic) bond motifs is 1. The van der Waals surface area contributed by atoms with Gasteiger partial charge in [-0.15, -0.1) is 0 Å². The van der Waals surface area contributed by atoms with Gasteiger partial charge in [0.25, 0.3) is 0 Å². The predicted octanol–water partition coefficient (Wildman–Crippen LogP) is 0.0841. The first-order valence-electron chi connectivity index (χ1n) is 11.4. The summed E-state index contributed by atoms with van der Waals surface area (Å²) >= 11 is 0. The Bertz CT molecular complexity index is 1450. The molecule has 2 heterocycles. The third kappa shape index (κ3) is 5.88. The number of carboxylic acid groups (broad SMARTS) is 1. The Hall–Kier alpha value is -4.37. The monoisotopic (exact) mass is 548 g/mol. The summed E-state index contributed by atoms with van der Waals surface area (Å²) in [6.45, 7) is -0.659. The zero-order valence-electron chi connectivity index (χ0n) is 20.2. The van der Waals surface area contributed by atoms with Crippen molar-refractivity contribution >= 4 is 22.9 Å². The van der Waals surface area contributed by atoms with Crippen molar-refractivity contribution in [1.29, 1.82) is 0 Å². The molecule has 2 aromatic carbocycles. The molecule has 1 aliphatic rings. The van der Waals surface area contributed by atoms with Gasteiger partial charge in [-0.1, -0.05) is 0 Å². The summed E-state index contributed by atoms with van der Waals surface area (Å²) in [7, 11) is 1.35. The second-order valence-corrected chi connectivity index (χ2v) is 8.56. The zero-order chi connectivity index (χ0) is 28.4. The lowest BCUT2D eigenvalue weighted by Crippen LogP contribution is -2.60. The number of phenols is 2. The number of phenolic OH excluding ortho intramolecular Hbond substituents is 2. The number of carboxylic acids is 1. The largest absolute Gasteiger partial charge is 0.507 e. The van der Waals surface area contributed by atoms with Crippen LogP contribution in [0.1, 0.15) is 6.42 Å². The second kappa shape index (κ2) is 11.2. The van der Waals surface area contributed by atoms with E-state index >= 15 is 0 Å². The van der Waals surface area contributed by atoms with E-state index in [1.54, 1.807) is 0 Å². The van der Waals surface area contributed by atoms with Crippen LogP contribution < -0.4 is 14.9 Å². The van der Waals surface area contributed by atoms with Crippen molar-refractivity contribution in [2.24, 2.45) is 0 Å². The van der Waals surface area contributed by atoms with Crippen LogP contribution in [0.5, 0.6) is 23.0 Å². The number of aliphatic hydroxyl groups is 3. The molecule has 0 spiro atoms. The number of ether oxygens (including phenoxy) is 4. The molecule has 14 nitrogen and oxygen atoms in total. The number of rotatable bonds is 8. The van der Waals surface area contributed by atoms with Crippen LogP contribution >= 0.6 is 0 Å². The Labute approximate surface area is 218 Å². The van der Waals surface area contributed by atoms with Crippen molar-refractivity contribution in [3.05, 3.63) is 46.6 Å². The Balaban J connectivity index is 1.61. The highest BCUT2D eigenvalue weighted by molar-refractivity contribution is 5.90. The number of carbonyl (C=O) groups excluding carboxylic acids is 1. The second-order valence-electron chi connectivity index (χ2n) is 8.56. The quantitative estimate of drug-likeness (QED) is 0.162. The third-order valence-electron chi connectivity index (χ3n) is 5.87. The van der Waals surface area contributed by atoms with Crippen molar-refractivity contribution < 1.29 is 63.6 Å². The molecule has 208 valence electrons. The van der Waals surface area contributed by atoms with Gasteiger partial charge < -0.3 is 54.0 Å². The lowest BCUT2D eigenvalue weighted by Gasteiger charge is -2.39. The van der Waals surface area contributed by atoms with Gasteiger partial charge in [0.1, 0.15) is 65.7 Å². The Morgan fingerprint density at radius 3 is 2.41 bits per heavy atom. The van der Waals surface area contributed by atoms with Crippen LogP contribution in [-0.2, 0) is 19.1 Å². The maximum absolute atomic E-state index is 12.7. The fourth-order valence-electron chi connectivity index (χ4n) is 3.92. The Kier molecular flexibility index (Phi) is 7.92. The summed E-state index contributed by atoms with van der Waals surface area (Å²) < 4.78 is 26.6. The highest BCUT2D eigenvalue weighted by Gasteiger charge is 2.45. The van der Waals surface area contributed by atoms with Crippen LogP contribution in [0.25, 0.3) is 22.3 Å². The topological polar surface area (TPSA) is 223 Å². The summed E-state index contributed by atoms with van der Waals surface area (Å²) in [5.41, 5.74) is -0.347. The van der Waals surface area contributed by atoms with E-state index in [1.165, 1.54) is 31.4 Å². The Morgan fingerprint density at radius 2 is 1.72 bits per heavy atom. The van der Waals surface area contributed by atoms with E-state index in [0.717, 1.165) is 12.1 Å². The lowest BCUT2D eigenvalue weighted by atomic mass is 9.99. The highest BCUT2D eigenvalue weighted by Crippen LogP contribution is 2.35. The summed E-state index contributed by atoms with van der Waals surface area (Å²) in [5, 5.41) is 59.6. The minimum atomic E-state index is -1.81. The number of aliphatic carboxylic acids is 1. The number of hydrogen-bond donors (Lipinski definition) is 6. The van der Waals surface area contributed by atoms with Crippen LogP contribution in [0.15, 0.2) is 45.6 Å². The maximum atomic E-state index is 12.7. The van der Waals surface area contributed by atoms with E-state index < -0.39 is 66.9 Å². The van der Waals surface area contributed by atoms with Crippen LogP contribution in [0, 0.1) is 0 Å². The first kappa shape index (κ1) is 27.7. The van der Waals surface area contributed by atoms with Gasteiger partial charge in [-0.05, 0) is 18.2 Å². The zero-order valence-corrected chi connectivity index (χ0v) is 20.2. The third-order valence-corrected chi connectivity index (χ3v) is 5.87. The van der Waals surface area contributed by atoms with Crippen LogP contribution in [0.4, 0.5) is 0 Å². The first-order chi connectivity index (χ1) is 18.5. The molecule has 0 radical (unpaired) electrons. The molecule has 1 saturated heterocycles. The van der Waals surface area contributed by atoms with E-state index in [2.05, 4.69) is 0 Å². The van der Waals surface area contributed by atoms with Gasteiger partial charge in [-0.3, -0.25) is 14.4 Å². The molecule has 6 N–H and O–H groups in total. The molecule has 1 fully saturated rings. The lowest BCUT2D eigenvalue weighted by molar-refractivity contribution is -0.278. The molecule has 3 aromatic rings. The van der Waals surface area contributed by atoms with E-state index in [4.69, 9.17) is 28.5 Å². The molecule has 5 atom stereocenters. The number of methoxy groups -OCH3 is 1. The van der Waals surface area contributed by atoms with Gasteiger partial charge >= 0.3 is 11.9 Å². The fraction of sp³-hybridized carbons (Fsp3) is 0.320. The summed E-state index contributed by atoms with van der Waals surface area (Å²) in [4.78, 5) is 34.9. The van der Waals surface area contributed by atoms with Crippen molar-refractivity contribution in [2.45, 2.75) is 37.1 Å². The molecular weight excluding hydrogens is 524 g/mol. The molecule has 0 bridgehead atoms. The van der Waals surface area contributed by atoms with Gasteiger partial charge in [0.15, 0.2) is 16.9 Å². The first-order valence-corrected chi connectivity index (χ1v) is 11.4. The van der Waals surface area contributed by atoms with Crippen LogP contribution in [0.2, 0.25) is 0 Å². The normalized spacial score (nSPS) is 22.8. The summed E-state index contributed by atoms with van der Waals surface area (Å²) in [6, 6.07) is 7.64. The highest BCUT2D eigenvalue weighted by atomic mass is 16.7. The van der Waals surface area contributed by atoms with Gasteiger partial charge in [-0.2, -0.15) is 0 Å². The number of carbonyl (C=O) groups is 2. The SMILES string of the molecule is COc1cc(-c2cc(=O)c3c(O)cc(O[C@@H]4OC(COC(=O)CC(=O)O)[C@@H](O)[C@H](O)C4O)cc3o2)ccc1O. The molecular formula is C25H24O14. The maximum Gasteiger partial charge on any atom is 0.317 e. The Morgan fingerprint density at radius 1 is 0.974 bits per heavy atom. The van der Waals surface area contributed by atoms with Crippen LogP contribution in [-0.4, -0.2) is 87.0 Å². The van der Waals surface area contributed by atoms with E-state index in [-0.39, 0.29) is 34.0 Å². The number of benzene rings is 2. The molecule has 4 rings (SSSR count). The van der Waals surface area contributed by atoms with Crippen molar-refractivity contribution in [3.8, 4) is 34.3 Å². The molecule has 1 aromatic heterocycles. The number of hydrogen-bond acceptors (Lipinski definition) is 13. The fourth-order valence-corrected chi connectivity index (χ4v) is 3.92. The van der Waals surface area contributed by atoms with Crippen molar-refractivity contribution in [2.75, 3.05) is 13.7 Å². The van der Waals surface area contributed by atoms with Gasteiger partial charge in [0.2, 0.25) is 6.29 Å². The summed E-state index contributed by atoms with van der Waals surface area (Å²) in [5.74, 6) is -3.19. The average molecular weight is 548 g/mol. The van der Waals surface area contributed by atoms with Gasteiger partial charge in [0.05, 0.1) is 7.11 Å². The van der Waals surface area contributed by atoms with E-state index in [9.17, 15) is 39.9 Å². The minimum Gasteiger partial charge on any atom is -0.507 e. The average Bonchev–Trinajstić information content (AvgIpc) is 2.87.